The first kappa shape index (κ1) is 31.9. The van der Waals surface area contributed by atoms with Crippen LogP contribution in [-0.2, 0) is 11.3 Å². The van der Waals surface area contributed by atoms with Crippen LogP contribution in [0.15, 0.2) is 35.3 Å². The Hall–Kier alpha value is -3.05. The lowest BCUT2D eigenvalue weighted by molar-refractivity contribution is -0.134. The summed E-state index contributed by atoms with van der Waals surface area (Å²) in [5.74, 6) is -1.18. The standard InChI is InChI=1S/C29H32Cl2FN5O4.ClH/c1-15-12-35(13-16(2)37(15)24(38)10-33)26-23(32)9-20-25(28(26)41-3)36(19-6-7-19)14-21(27(20)39)29(40)34-11-17-4-5-18(30)8-22(17)31;/h4-5,8-9,14-16,19H,6-7,10-13,33H2,1-3H3,(H,34,40);1H. The number of ether oxygens (including phenoxy) is 1. The monoisotopic (exact) mass is 639 g/mol. The molecule has 2 amide bonds. The normalized spacial score (nSPS) is 18.5. The lowest BCUT2D eigenvalue weighted by Gasteiger charge is -2.45. The van der Waals surface area contributed by atoms with Crippen LogP contribution in [0.2, 0.25) is 10.0 Å². The Balaban J connectivity index is 0.00000405. The maximum Gasteiger partial charge on any atom is 0.257 e. The van der Waals surface area contributed by atoms with Crippen molar-refractivity contribution in [2.75, 3.05) is 31.6 Å². The summed E-state index contributed by atoms with van der Waals surface area (Å²) in [6.45, 7) is 4.49. The van der Waals surface area contributed by atoms with Crippen molar-refractivity contribution in [3.8, 4) is 5.75 Å². The molecule has 1 aromatic heterocycles. The van der Waals surface area contributed by atoms with Gasteiger partial charge >= 0.3 is 0 Å². The van der Waals surface area contributed by atoms with E-state index in [-0.39, 0.29) is 71.9 Å². The van der Waals surface area contributed by atoms with Crippen LogP contribution in [0.1, 0.15) is 48.7 Å². The molecule has 2 aliphatic rings. The van der Waals surface area contributed by atoms with E-state index in [1.807, 2.05) is 23.3 Å². The Kier molecular flexibility index (Phi) is 9.62. The predicted molar refractivity (Wildman–Crippen MR) is 165 cm³/mol. The average molecular weight is 641 g/mol. The summed E-state index contributed by atoms with van der Waals surface area (Å²) in [6, 6.07) is 5.72. The predicted octanol–water partition coefficient (Wildman–Crippen LogP) is 4.53. The maximum absolute atomic E-state index is 15.9. The quantitative estimate of drug-likeness (QED) is 0.393. The van der Waals surface area contributed by atoms with Gasteiger partial charge in [0.15, 0.2) is 11.6 Å². The highest BCUT2D eigenvalue weighted by atomic mass is 35.5. The van der Waals surface area contributed by atoms with E-state index in [2.05, 4.69) is 5.32 Å². The topological polar surface area (TPSA) is 110 Å². The number of benzene rings is 2. The second-order valence-electron chi connectivity index (χ2n) is 10.7. The van der Waals surface area contributed by atoms with Crippen molar-refractivity contribution in [2.24, 2.45) is 5.73 Å². The number of halogens is 4. The molecule has 2 atom stereocenters. The number of aromatic nitrogens is 1. The van der Waals surface area contributed by atoms with Crippen LogP contribution in [-0.4, -0.2) is 60.1 Å². The number of rotatable bonds is 7. The summed E-state index contributed by atoms with van der Waals surface area (Å²) >= 11 is 12.2. The molecule has 1 aliphatic carbocycles. The minimum Gasteiger partial charge on any atom is -0.492 e. The van der Waals surface area contributed by atoms with Crippen molar-refractivity contribution in [2.45, 2.75) is 51.4 Å². The van der Waals surface area contributed by atoms with Crippen LogP contribution >= 0.6 is 35.6 Å². The van der Waals surface area contributed by atoms with Crippen molar-refractivity contribution in [3.63, 3.8) is 0 Å². The number of pyridine rings is 1. The zero-order valence-corrected chi connectivity index (χ0v) is 25.8. The molecule has 9 nitrogen and oxygen atoms in total. The molecule has 2 unspecified atom stereocenters. The second kappa shape index (κ2) is 12.7. The molecule has 3 aromatic rings. The maximum atomic E-state index is 15.9. The molecule has 42 heavy (non-hydrogen) atoms. The smallest absolute Gasteiger partial charge is 0.257 e. The lowest BCUT2D eigenvalue weighted by atomic mass is 10.0. The zero-order chi connectivity index (χ0) is 29.6. The van der Waals surface area contributed by atoms with E-state index in [4.69, 9.17) is 33.7 Å². The summed E-state index contributed by atoms with van der Waals surface area (Å²) in [4.78, 5) is 42.8. The molecule has 0 spiro atoms. The number of amides is 2. The van der Waals surface area contributed by atoms with Crippen molar-refractivity contribution in [1.29, 1.82) is 0 Å². The van der Waals surface area contributed by atoms with E-state index >= 15 is 4.39 Å². The van der Waals surface area contributed by atoms with E-state index in [0.717, 1.165) is 12.8 Å². The van der Waals surface area contributed by atoms with E-state index in [1.54, 1.807) is 23.1 Å². The molecule has 0 bridgehead atoms. The van der Waals surface area contributed by atoms with Gasteiger partial charge in [0.25, 0.3) is 5.91 Å². The number of nitrogens with zero attached hydrogens (tertiary/aromatic N) is 3. The van der Waals surface area contributed by atoms with Crippen molar-refractivity contribution in [3.05, 3.63) is 67.7 Å². The zero-order valence-electron chi connectivity index (χ0n) is 23.5. The number of piperazine rings is 1. The first-order valence-electron chi connectivity index (χ1n) is 13.5. The Morgan fingerprint density at radius 2 is 1.81 bits per heavy atom. The summed E-state index contributed by atoms with van der Waals surface area (Å²) < 4.78 is 23.6. The van der Waals surface area contributed by atoms with Gasteiger partial charge in [-0.1, -0.05) is 29.3 Å². The Morgan fingerprint density at radius 1 is 1.14 bits per heavy atom. The highest BCUT2D eigenvalue weighted by Crippen LogP contribution is 2.44. The fraction of sp³-hybridized carbons (Fsp3) is 0.414. The third-order valence-electron chi connectivity index (χ3n) is 7.74. The van der Waals surface area contributed by atoms with Crippen LogP contribution < -0.4 is 26.1 Å². The molecule has 226 valence electrons. The number of nitrogens with one attached hydrogen (secondary N) is 1. The molecule has 5 rings (SSSR count). The molecule has 2 fully saturated rings. The fourth-order valence-electron chi connectivity index (χ4n) is 5.77. The summed E-state index contributed by atoms with van der Waals surface area (Å²) in [5, 5.41) is 3.67. The van der Waals surface area contributed by atoms with Crippen LogP contribution in [0, 0.1) is 5.82 Å². The number of nitrogens with two attached hydrogens (primary N) is 1. The number of carbonyl (C=O) groups excluding carboxylic acids is 2. The molecule has 13 heteroatoms. The Labute approximate surface area is 259 Å². The van der Waals surface area contributed by atoms with Gasteiger partial charge < -0.3 is 30.2 Å². The van der Waals surface area contributed by atoms with Crippen LogP contribution in [0.4, 0.5) is 10.1 Å². The Bertz CT molecular complexity index is 1580. The minimum atomic E-state index is -0.641. The number of hydrogen-bond acceptors (Lipinski definition) is 6. The number of hydrogen-bond donors (Lipinski definition) is 2. The van der Waals surface area contributed by atoms with Crippen LogP contribution in [0.3, 0.4) is 0 Å². The highest BCUT2D eigenvalue weighted by molar-refractivity contribution is 6.35. The fourth-order valence-corrected chi connectivity index (χ4v) is 6.25. The first-order valence-corrected chi connectivity index (χ1v) is 14.2. The van der Waals surface area contributed by atoms with Gasteiger partial charge in [-0.25, -0.2) is 4.39 Å². The molecular formula is C29H33Cl3FN5O4. The first-order chi connectivity index (χ1) is 19.5. The van der Waals surface area contributed by atoms with Crippen LogP contribution in [0.5, 0.6) is 5.75 Å². The van der Waals surface area contributed by atoms with E-state index in [9.17, 15) is 14.4 Å². The molecule has 1 saturated heterocycles. The molecule has 1 aliphatic heterocycles. The van der Waals surface area contributed by atoms with E-state index in [0.29, 0.717) is 34.2 Å². The van der Waals surface area contributed by atoms with Crippen molar-refractivity contribution in [1.82, 2.24) is 14.8 Å². The van der Waals surface area contributed by atoms with Crippen molar-refractivity contribution >= 4 is 64.0 Å². The molecular weight excluding hydrogens is 608 g/mol. The third kappa shape index (κ3) is 5.90. The SMILES string of the molecule is COc1c(N2CC(C)N(C(=O)CN)C(C)C2)c(F)cc2c(=O)c(C(=O)NCc3ccc(Cl)cc3Cl)cn(C3CC3)c12.Cl. The summed E-state index contributed by atoms with van der Waals surface area (Å²) in [7, 11) is 1.44. The number of carbonyl (C=O) groups is 2. The van der Waals surface area contributed by atoms with Gasteiger partial charge in [0.2, 0.25) is 11.3 Å². The third-order valence-corrected chi connectivity index (χ3v) is 8.33. The van der Waals surface area contributed by atoms with Gasteiger partial charge in [0.05, 0.1) is 24.6 Å². The Morgan fingerprint density at radius 3 is 2.38 bits per heavy atom. The average Bonchev–Trinajstić information content (AvgIpc) is 3.77. The molecule has 2 heterocycles. The van der Waals surface area contributed by atoms with Gasteiger partial charge in [-0.05, 0) is 50.5 Å². The van der Waals surface area contributed by atoms with Gasteiger partial charge in [-0.15, -0.1) is 12.4 Å². The molecule has 0 radical (unpaired) electrons. The number of methoxy groups -OCH3 is 1. The largest absolute Gasteiger partial charge is 0.492 e. The highest BCUT2D eigenvalue weighted by Gasteiger charge is 2.36. The van der Waals surface area contributed by atoms with E-state index < -0.39 is 17.2 Å². The van der Waals surface area contributed by atoms with Crippen LogP contribution in [0.25, 0.3) is 10.9 Å². The molecule has 1 saturated carbocycles. The second-order valence-corrected chi connectivity index (χ2v) is 11.5. The minimum absolute atomic E-state index is 0. The van der Waals surface area contributed by atoms with Gasteiger partial charge in [0.1, 0.15) is 11.3 Å². The summed E-state index contributed by atoms with van der Waals surface area (Å²) in [5.41, 5.74) is 6.22. The number of anilines is 1. The van der Waals surface area contributed by atoms with Gasteiger partial charge in [-0.3, -0.25) is 14.4 Å². The van der Waals surface area contributed by atoms with Crippen molar-refractivity contribution < 1.29 is 18.7 Å². The van der Waals surface area contributed by atoms with E-state index in [1.165, 1.54) is 19.4 Å². The molecule has 3 N–H and O–H groups in total. The van der Waals surface area contributed by atoms with Gasteiger partial charge in [0, 0.05) is 54.0 Å². The van der Waals surface area contributed by atoms with Gasteiger partial charge in [-0.2, -0.15) is 0 Å². The number of fused-ring (bicyclic) bond motifs is 1. The summed E-state index contributed by atoms with van der Waals surface area (Å²) in [6.07, 6.45) is 3.24. The lowest BCUT2D eigenvalue weighted by Crippen LogP contribution is -2.60. The molecule has 2 aromatic carbocycles.